The van der Waals surface area contributed by atoms with Crippen LogP contribution in [0.15, 0.2) is 0 Å². The van der Waals surface area contributed by atoms with Crippen LogP contribution < -0.4 is 5.32 Å². The van der Waals surface area contributed by atoms with Gasteiger partial charge in [-0.2, -0.15) is 0 Å². The van der Waals surface area contributed by atoms with Crippen molar-refractivity contribution in [2.75, 3.05) is 13.2 Å². The quantitative estimate of drug-likeness (QED) is 0.742. The highest BCUT2D eigenvalue weighted by Gasteiger charge is 2.35. The predicted molar refractivity (Wildman–Crippen MR) is 78.9 cm³/mol. The van der Waals surface area contributed by atoms with E-state index in [0.717, 1.165) is 13.2 Å². The maximum absolute atomic E-state index is 6.24. The van der Waals surface area contributed by atoms with Crippen LogP contribution in [0, 0.1) is 11.3 Å². The first-order valence-corrected chi connectivity index (χ1v) is 7.83. The van der Waals surface area contributed by atoms with Crippen molar-refractivity contribution in [3.8, 4) is 0 Å². The second-order valence-corrected chi connectivity index (χ2v) is 6.84. The van der Waals surface area contributed by atoms with Crippen LogP contribution in [0.3, 0.4) is 0 Å². The molecule has 1 aliphatic rings. The Morgan fingerprint density at radius 3 is 2.67 bits per heavy atom. The number of nitrogens with one attached hydrogen (secondary N) is 1. The highest BCUT2D eigenvalue weighted by atomic mass is 16.5. The maximum Gasteiger partial charge on any atom is 0.0733 e. The Morgan fingerprint density at radius 1 is 1.33 bits per heavy atom. The van der Waals surface area contributed by atoms with Gasteiger partial charge in [0.25, 0.3) is 0 Å². The summed E-state index contributed by atoms with van der Waals surface area (Å²) in [6, 6.07) is 0.567. The summed E-state index contributed by atoms with van der Waals surface area (Å²) in [5, 5.41) is 3.60. The molecule has 18 heavy (non-hydrogen) atoms. The van der Waals surface area contributed by atoms with Crippen molar-refractivity contribution >= 4 is 0 Å². The molecule has 1 fully saturated rings. The molecule has 108 valence electrons. The number of likely N-dealkylation sites (N-methyl/N-ethyl adjacent to an activating group) is 1. The van der Waals surface area contributed by atoms with Crippen LogP contribution in [0.5, 0.6) is 0 Å². The van der Waals surface area contributed by atoms with Gasteiger partial charge in [-0.3, -0.25) is 0 Å². The summed E-state index contributed by atoms with van der Waals surface area (Å²) in [7, 11) is 0. The van der Waals surface area contributed by atoms with Gasteiger partial charge >= 0.3 is 0 Å². The highest BCUT2D eigenvalue weighted by Crippen LogP contribution is 2.36. The Hall–Kier alpha value is -0.0800. The van der Waals surface area contributed by atoms with Gasteiger partial charge in [0.1, 0.15) is 0 Å². The number of hydrogen-bond donors (Lipinski definition) is 1. The van der Waals surface area contributed by atoms with Gasteiger partial charge in [-0.05, 0) is 43.6 Å². The van der Waals surface area contributed by atoms with E-state index < -0.39 is 0 Å². The van der Waals surface area contributed by atoms with Crippen LogP contribution in [0.1, 0.15) is 66.7 Å². The molecule has 1 aliphatic carbocycles. The van der Waals surface area contributed by atoms with Gasteiger partial charge in [-0.1, -0.05) is 41.0 Å². The standard InChI is InChI=1S/C16H33NO/c1-6-8-13(3)12-18-15-11-16(4,5)10-9-14(15)17-7-2/h13-15,17H,6-12H2,1-5H3. The Bertz CT molecular complexity index is 227. The van der Waals surface area contributed by atoms with Crippen molar-refractivity contribution in [2.24, 2.45) is 11.3 Å². The first-order valence-electron chi connectivity index (χ1n) is 7.83. The highest BCUT2D eigenvalue weighted by molar-refractivity contribution is 4.89. The van der Waals surface area contributed by atoms with E-state index in [-0.39, 0.29) is 0 Å². The molecular weight excluding hydrogens is 222 g/mol. The van der Waals surface area contributed by atoms with Crippen molar-refractivity contribution in [3.05, 3.63) is 0 Å². The number of rotatable bonds is 7. The first-order chi connectivity index (χ1) is 8.48. The fourth-order valence-corrected chi connectivity index (χ4v) is 3.06. The first kappa shape index (κ1) is 16.0. The predicted octanol–water partition coefficient (Wildman–Crippen LogP) is 4.00. The molecule has 0 amide bonds. The molecule has 0 heterocycles. The van der Waals surface area contributed by atoms with E-state index in [2.05, 4.69) is 39.9 Å². The molecule has 3 unspecified atom stereocenters. The Kier molecular flexibility index (Phi) is 6.65. The lowest BCUT2D eigenvalue weighted by molar-refractivity contribution is -0.0401. The summed E-state index contributed by atoms with van der Waals surface area (Å²) >= 11 is 0. The largest absolute Gasteiger partial charge is 0.376 e. The molecule has 0 radical (unpaired) electrons. The molecule has 0 aromatic heterocycles. The van der Waals surface area contributed by atoms with Crippen LogP contribution in [0.4, 0.5) is 0 Å². The molecule has 2 nitrogen and oxygen atoms in total. The van der Waals surface area contributed by atoms with E-state index in [1.165, 1.54) is 32.1 Å². The fourth-order valence-electron chi connectivity index (χ4n) is 3.06. The Morgan fingerprint density at radius 2 is 2.06 bits per heavy atom. The van der Waals surface area contributed by atoms with E-state index in [4.69, 9.17) is 4.74 Å². The molecule has 0 spiro atoms. The van der Waals surface area contributed by atoms with Crippen molar-refractivity contribution in [3.63, 3.8) is 0 Å². The summed E-state index contributed by atoms with van der Waals surface area (Å²) in [6.07, 6.45) is 6.72. The third-order valence-corrected chi connectivity index (χ3v) is 4.18. The molecule has 1 N–H and O–H groups in total. The lowest BCUT2D eigenvalue weighted by Gasteiger charge is -2.41. The zero-order valence-electron chi connectivity index (χ0n) is 13.1. The summed E-state index contributed by atoms with van der Waals surface area (Å²) in [4.78, 5) is 0. The Balaban J connectivity index is 2.45. The Labute approximate surface area is 114 Å². The minimum absolute atomic E-state index is 0.410. The SMILES string of the molecule is CCCC(C)COC1CC(C)(C)CCC1NCC. The van der Waals surface area contributed by atoms with Gasteiger partial charge in [0.15, 0.2) is 0 Å². The summed E-state index contributed by atoms with van der Waals surface area (Å²) < 4.78 is 6.24. The maximum atomic E-state index is 6.24. The lowest BCUT2D eigenvalue weighted by Crippen LogP contribution is -2.48. The van der Waals surface area contributed by atoms with E-state index in [0.29, 0.717) is 23.5 Å². The zero-order valence-corrected chi connectivity index (χ0v) is 13.1. The average Bonchev–Trinajstić information content (AvgIpc) is 2.30. The number of hydrogen-bond acceptors (Lipinski definition) is 2. The van der Waals surface area contributed by atoms with Gasteiger partial charge in [0, 0.05) is 12.6 Å². The minimum atomic E-state index is 0.410. The van der Waals surface area contributed by atoms with Crippen LogP contribution in [0.2, 0.25) is 0 Å². The third-order valence-electron chi connectivity index (χ3n) is 4.18. The van der Waals surface area contributed by atoms with E-state index in [9.17, 15) is 0 Å². The summed E-state index contributed by atoms with van der Waals surface area (Å²) in [5.41, 5.74) is 0.449. The van der Waals surface area contributed by atoms with E-state index in [1.54, 1.807) is 0 Å². The van der Waals surface area contributed by atoms with Crippen LogP contribution in [-0.4, -0.2) is 25.3 Å². The molecule has 2 heteroatoms. The van der Waals surface area contributed by atoms with Gasteiger partial charge < -0.3 is 10.1 Å². The molecule has 1 saturated carbocycles. The fraction of sp³-hybridized carbons (Fsp3) is 1.00. The van der Waals surface area contributed by atoms with Crippen LogP contribution in [0.25, 0.3) is 0 Å². The molecule has 0 saturated heterocycles. The lowest BCUT2D eigenvalue weighted by atomic mass is 9.74. The van der Waals surface area contributed by atoms with E-state index in [1.807, 2.05) is 0 Å². The van der Waals surface area contributed by atoms with Crippen molar-refractivity contribution < 1.29 is 4.74 Å². The second kappa shape index (κ2) is 7.49. The van der Waals surface area contributed by atoms with Crippen molar-refractivity contribution in [1.29, 1.82) is 0 Å². The van der Waals surface area contributed by atoms with Gasteiger partial charge in [-0.25, -0.2) is 0 Å². The second-order valence-electron chi connectivity index (χ2n) is 6.84. The smallest absolute Gasteiger partial charge is 0.0733 e. The van der Waals surface area contributed by atoms with Crippen molar-refractivity contribution in [2.45, 2.75) is 78.9 Å². The monoisotopic (exact) mass is 255 g/mol. The zero-order chi connectivity index (χ0) is 13.6. The molecule has 0 aromatic carbocycles. The normalized spacial score (nSPS) is 29.2. The van der Waals surface area contributed by atoms with Gasteiger partial charge in [-0.15, -0.1) is 0 Å². The topological polar surface area (TPSA) is 21.3 Å². The molecule has 0 bridgehead atoms. The van der Waals surface area contributed by atoms with Gasteiger partial charge in [0.2, 0.25) is 0 Å². The third kappa shape index (κ3) is 5.27. The minimum Gasteiger partial charge on any atom is -0.376 e. The van der Waals surface area contributed by atoms with Gasteiger partial charge in [0.05, 0.1) is 6.10 Å². The summed E-state index contributed by atoms with van der Waals surface area (Å²) in [6.45, 7) is 13.5. The molecule has 0 aromatic rings. The van der Waals surface area contributed by atoms with Crippen LogP contribution in [-0.2, 0) is 4.74 Å². The molecular formula is C16H33NO. The number of ether oxygens (including phenoxy) is 1. The van der Waals surface area contributed by atoms with Crippen LogP contribution >= 0.6 is 0 Å². The van der Waals surface area contributed by atoms with Crippen molar-refractivity contribution in [1.82, 2.24) is 5.32 Å². The molecule has 3 atom stereocenters. The molecule has 1 rings (SSSR count). The van der Waals surface area contributed by atoms with E-state index >= 15 is 0 Å². The molecule has 0 aliphatic heterocycles. The average molecular weight is 255 g/mol. The summed E-state index contributed by atoms with van der Waals surface area (Å²) in [5.74, 6) is 0.697.